The Morgan fingerprint density at radius 1 is 1.14 bits per heavy atom. The first-order chi connectivity index (χ1) is 10.6. The lowest BCUT2D eigenvalue weighted by Crippen LogP contribution is -2.32. The molecule has 110 valence electrons. The number of hydrogen-bond donors (Lipinski definition) is 2. The van der Waals surface area contributed by atoms with Crippen molar-refractivity contribution in [3.05, 3.63) is 64.1 Å². The second kappa shape index (κ2) is 7.43. The second-order valence-corrected chi connectivity index (χ2v) is 5.38. The van der Waals surface area contributed by atoms with Gasteiger partial charge in [0.15, 0.2) is 0 Å². The number of amides is 2. The maximum absolute atomic E-state index is 11.9. The lowest BCUT2D eigenvalue weighted by atomic mass is 10.2. The summed E-state index contributed by atoms with van der Waals surface area (Å²) in [6, 6.07) is 13.8. The second-order valence-electron chi connectivity index (χ2n) is 4.46. The number of nitrogens with one attached hydrogen (secondary N) is 2. The molecule has 2 amide bonds. The van der Waals surface area contributed by atoms with Gasteiger partial charge in [-0.25, -0.2) is 0 Å². The predicted octanol–water partition coefficient (Wildman–Crippen LogP) is 2.80. The first-order valence-corrected chi connectivity index (χ1v) is 7.28. The number of rotatable bonds is 4. The largest absolute Gasteiger partial charge is 0.343 e. The first-order valence-electron chi connectivity index (χ1n) is 6.49. The molecule has 0 aliphatic heterocycles. The van der Waals surface area contributed by atoms with Gasteiger partial charge in [0.25, 0.3) is 5.91 Å². The predicted molar refractivity (Wildman–Crippen MR) is 89.5 cm³/mol. The van der Waals surface area contributed by atoms with Gasteiger partial charge in [-0.15, -0.1) is 6.42 Å². The Labute approximate surface area is 137 Å². The average Bonchev–Trinajstić information content (AvgIpc) is 2.53. The third-order valence-electron chi connectivity index (χ3n) is 2.83. The Morgan fingerprint density at radius 2 is 1.86 bits per heavy atom. The molecule has 5 heteroatoms. The van der Waals surface area contributed by atoms with Crippen LogP contribution >= 0.6 is 15.9 Å². The van der Waals surface area contributed by atoms with E-state index in [-0.39, 0.29) is 18.4 Å². The quantitative estimate of drug-likeness (QED) is 0.827. The van der Waals surface area contributed by atoms with E-state index >= 15 is 0 Å². The van der Waals surface area contributed by atoms with Gasteiger partial charge in [-0.3, -0.25) is 9.59 Å². The standard InChI is InChI=1S/C17H13BrN2O2/c1-2-12-4-3-5-15(10-12)20-16(21)11-19-17(22)13-6-8-14(18)9-7-13/h1,3-10H,11H2,(H,19,22)(H,20,21). The molecule has 0 bridgehead atoms. The van der Waals surface area contributed by atoms with Crippen molar-refractivity contribution in [2.24, 2.45) is 0 Å². The number of anilines is 1. The lowest BCUT2D eigenvalue weighted by Gasteiger charge is -2.07. The molecule has 0 heterocycles. The van der Waals surface area contributed by atoms with Gasteiger partial charge in [-0.05, 0) is 42.5 Å². The van der Waals surface area contributed by atoms with E-state index in [4.69, 9.17) is 6.42 Å². The van der Waals surface area contributed by atoms with Crippen LogP contribution in [0.3, 0.4) is 0 Å². The lowest BCUT2D eigenvalue weighted by molar-refractivity contribution is -0.115. The topological polar surface area (TPSA) is 58.2 Å². The van der Waals surface area contributed by atoms with Crippen LogP contribution in [0.2, 0.25) is 0 Å². The fraction of sp³-hybridized carbons (Fsp3) is 0.0588. The fourth-order valence-electron chi connectivity index (χ4n) is 1.76. The summed E-state index contributed by atoms with van der Waals surface area (Å²) in [4.78, 5) is 23.7. The molecule has 2 N–H and O–H groups in total. The van der Waals surface area contributed by atoms with Crippen LogP contribution in [0.5, 0.6) is 0 Å². The number of benzene rings is 2. The van der Waals surface area contributed by atoms with Crippen LogP contribution in [-0.4, -0.2) is 18.4 Å². The molecular formula is C17H13BrN2O2. The zero-order valence-corrected chi connectivity index (χ0v) is 13.2. The van der Waals surface area contributed by atoms with E-state index in [1.807, 2.05) is 0 Å². The highest BCUT2D eigenvalue weighted by Crippen LogP contribution is 2.11. The monoisotopic (exact) mass is 356 g/mol. The van der Waals surface area contributed by atoms with E-state index in [1.54, 1.807) is 48.5 Å². The first kappa shape index (κ1) is 15.8. The molecule has 4 nitrogen and oxygen atoms in total. The Kier molecular flexibility index (Phi) is 5.34. The third-order valence-corrected chi connectivity index (χ3v) is 3.36. The van der Waals surface area contributed by atoms with E-state index in [0.717, 1.165) is 4.47 Å². The molecule has 0 unspecified atom stereocenters. The van der Waals surface area contributed by atoms with E-state index in [9.17, 15) is 9.59 Å². The van der Waals surface area contributed by atoms with Crippen molar-refractivity contribution in [2.75, 3.05) is 11.9 Å². The van der Waals surface area contributed by atoms with Gasteiger partial charge in [0.05, 0.1) is 6.54 Å². The fourth-order valence-corrected chi connectivity index (χ4v) is 2.02. The van der Waals surface area contributed by atoms with Crippen molar-refractivity contribution in [2.45, 2.75) is 0 Å². The molecular weight excluding hydrogens is 344 g/mol. The van der Waals surface area contributed by atoms with Gasteiger partial charge in [0, 0.05) is 21.3 Å². The highest BCUT2D eigenvalue weighted by Gasteiger charge is 2.08. The van der Waals surface area contributed by atoms with E-state index in [1.165, 1.54) is 0 Å². The zero-order valence-electron chi connectivity index (χ0n) is 11.6. The maximum Gasteiger partial charge on any atom is 0.251 e. The molecule has 0 aliphatic rings. The van der Waals surface area contributed by atoms with Gasteiger partial charge in [-0.1, -0.05) is 27.9 Å². The summed E-state index contributed by atoms with van der Waals surface area (Å²) in [7, 11) is 0. The Hall–Kier alpha value is -2.58. The maximum atomic E-state index is 11.9. The minimum absolute atomic E-state index is 0.116. The Balaban J connectivity index is 1.88. The summed E-state index contributed by atoms with van der Waals surface area (Å²) in [6.07, 6.45) is 5.30. The highest BCUT2D eigenvalue weighted by molar-refractivity contribution is 9.10. The normalized spacial score (nSPS) is 9.64. The Morgan fingerprint density at radius 3 is 2.55 bits per heavy atom. The van der Waals surface area contributed by atoms with Crippen LogP contribution in [0.25, 0.3) is 0 Å². The molecule has 0 atom stereocenters. The molecule has 2 aromatic rings. The molecule has 0 aromatic heterocycles. The highest BCUT2D eigenvalue weighted by atomic mass is 79.9. The molecule has 2 rings (SSSR count). The van der Waals surface area contributed by atoms with Crippen LogP contribution in [0, 0.1) is 12.3 Å². The molecule has 0 saturated carbocycles. The van der Waals surface area contributed by atoms with Crippen LogP contribution in [0.1, 0.15) is 15.9 Å². The van der Waals surface area contributed by atoms with Crippen molar-refractivity contribution in [1.82, 2.24) is 5.32 Å². The van der Waals surface area contributed by atoms with Crippen molar-refractivity contribution >= 4 is 33.4 Å². The van der Waals surface area contributed by atoms with Crippen molar-refractivity contribution < 1.29 is 9.59 Å². The van der Waals surface area contributed by atoms with Crippen LogP contribution in [0.15, 0.2) is 53.0 Å². The number of halogens is 1. The summed E-state index contributed by atoms with van der Waals surface area (Å²) < 4.78 is 0.884. The van der Waals surface area contributed by atoms with Gasteiger partial charge >= 0.3 is 0 Å². The van der Waals surface area contributed by atoms with Crippen molar-refractivity contribution in [3.8, 4) is 12.3 Å². The van der Waals surface area contributed by atoms with Crippen LogP contribution in [-0.2, 0) is 4.79 Å². The summed E-state index contributed by atoms with van der Waals surface area (Å²) in [5.74, 6) is 1.87. The third kappa shape index (κ3) is 4.47. The molecule has 0 fully saturated rings. The number of carbonyl (C=O) groups is 2. The smallest absolute Gasteiger partial charge is 0.251 e. The van der Waals surface area contributed by atoms with Gasteiger partial charge < -0.3 is 10.6 Å². The van der Waals surface area contributed by atoms with Crippen LogP contribution < -0.4 is 10.6 Å². The molecule has 0 aliphatic carbocycles. The van der Waals surface area contributed by atoms with Gasteiger partial charge in [-0.2, -0.15) is 0 Å². The molecule has 0 spiro atoms. The zero-order chi connectivity index (χ0) is 15.9. The molecule has 2 aromatic carbocycles. The Bertz CT molecular complexity index is 733. The summed E-state index contributed by atoms with van der Waals surface area (Å²) in [5.41, 5.74) is 1.76. The minimum Gasteiger partial charge on any atom is -0.343 e. The van der Waals surface area contributed by atoms with E-state index < -0.39 is 0 Å². The van der Waals surface area contributed by atoms with Gasteiger partial charge in [0.1, 0.15) is 0 Å². The van der Waals surface area contributed by atoms with Crippen LogP contribution in [0.4, 0.5) is 5.69 Å². The summed E-state index contributed by atoms with van der Waals surface area (Å²) in [6.45, 7) is -0.116. The van der Waals surface area contributed by atoms with Crippen molar-refractivity contribution in [1.29, 1.82) is 0 Å². The summed E-state index contributed by atoms with van der Waals surface area (Å²) >= 11 is 3.30. The number of hydrogen-bond acceptors (Lipinski definition) is 2. The molecule has 22 heavy (non-hydrogen) atoms. The molecule has 0 saturated heterocycles. The number of terminal acetylenes is 1. The number of carbonyl (C=O) groups excluding carboxylic acids is 2. The molecule has 0 radical (unpaired) electrons. The average molecular weight is 357 g/mol. The van der Waals surface area contributed by atoms with E-state index in [2.05, 4.69) is 32.5 Å². The summed E-state index contributed by atoms with van der Waals surface area (Å²) in [5, 5.41) is 5.24. The van der Waals surface area contributed by atoms with E-state index in [0.29, 0.717) is 16.8 Å². The minimum atomic E-state index is -0.320. The van der Waals surface area contributed by atoms with Crippen molar-refractivity contribution in [3.63, 3.8) is 0 Å². The SMILES string of the molecule is C#Cc1cccc(NC(=O)CNC(=O)c2ccc(Br)cc2)c1. The van der Waals surface area contributed by atoms with Gasteiger partial charge in [0.2, 0.25) is 5.91 Å².